The van der Waals surface area contributed by atoms with Crippen molar-refractivity contribution in [3.63, 3.8) is 0 Å². The van der Waals surface area contributed by atoms with Gasteiger partial charge in [0, 0.05) is 6.21 Å². The van der Waals surface area contributed by atoms with Crippen LogP contribution in [0.4, 0.5) is 0 Å². The summed E-state index contributed by atoms with van der Waals surface area (Å²) in [4.78, 5) is 24.2. The van der Waals surface area contributed by atoms with E-state index in [2.05, 4.69) is 0 Å². The van der Waals surface area contributed by atoms with Gasteiger partial charge in [0.25, 0.3) is 0 Å². The van der Waals surface area contributed by atoms with Crippen LogP contribution in [-0.4, -0.2) is 24.3 Å². The molecule has 0 spiro atoms. The highest BCUT2D eigenvalue weighted by molar-refractivity contribution is 6.01. The lowest BCUT2D eigenvalue weighted by atomic mass is 9.73. The van der Waals surface area contributed by atoms with E-state index in [4.69, 9.17) is 14.9 Å². The van der Waals surface area contributed by atoms with Crippen molar-refractivity contribution in [2.24, 2.45) is 5.41 Å². The Kier molecular flexibility index (Phi) is 4.28. The fraction of sp³-hybridized carbons (Fsp3) is 0.389. The van der Waals surface area contributed by atoms with Crippen molar-refractivity contribution >= 4 is 18.2 Å². The molecule has 1 aromatic carbocycles. The fourth-order valence-corrected chi connectivity index (χ4v) is 3.22. The summed E-state index contributed by atoms with van der Waals surface area (Å²) < 4.78 is 10.6. The maximum Gasteiger partial charge on any atom is 0.322 e. The van der Waals surface area contributed by atoms with Gasteiger partial charge in [-0.25, -0.2) is 0 Å². The number of allylic oxidation sites excluding steroid dienone is 1. The molecule has 1 heterocycles. The molecule has 1 saturated heterocycles. The number of esters is 2. The van der Waals surface area contributed by atoms with Crippen LogP contribution in [0, 0.1) is 10.8 Å². The SMILES string of the molecule is N=C[C@]12CCCC=C1[C@@H](CC(=O)OCc1ccccc1)OC2=O. The maximum absolute atomic E-state index is 12.2. The van der Waals surface area contributed by atoms with Crippen LogP contribution in [0.5, 0.6) is 0 Å². The van der Waals surface area contributed by atoms with Crippen molar-refractivity contribution in [2.45, 2.75) is 38.4 Å². The second-order valence-electron chi connectivity index (χ2n) is 5.91. The first-order chi connectivity index (χ1) is 11.2. The predicted octanol–water partition coefficient (Wildman–Crippen LogP) is 2.79. The first kappa shape index (κ1) is 15.5. The van der Waals surface area contributed by atoms with Crippen LogP contribution in [0.15, 0.2) is 42.0 Å². The van der Waals surface area contributed by atoms with Gasteiger partial charge in [-0.05, 0) is 30.4 Å². The number of hydrogen-bond donors (Lipinski definition) is 1. The first-order valence-corrected chi connectivity index (χ1v) is 7.78. The summed E-state index contributed by atoms with van der Waals surface area (Å²) in [6, 6.07) is 9.43. The molecule has 1 aliphatic heterocycles. The van der Waals surface area contributed by atoms with E-state index in [9.17, 15) is 9.59 Å². The standard InChI is InChI=1S/C18H19NO4/c19-12-18-9-5-4-8-14(18)15(23-17(18)21)10-16(20)22-11-13-6-2-1-3-7-13/h1-3,6-8,12,15,19H,4-5,9-11H2/t15-,18-/m1/s1. The second-order valence-corrected chi connectivity index (χ2v) is 5.91. The minimum atomic E-state index is -0.956. The van der Waals surface area contributed by atoms with E-state index >= 15 is 0 Å². The number of nitrogens with one attached hydrogen (secondary N) is 1. The highest BCUT2D eigenvalue weighted by Gasteiger charge is 2.53. The summed E-state index contributed by atoms with van der Waals surface area (Å²) in [5.41, 5.74) is 0.707. The van der Waals surface area contributed by atoms with Crippen molar-refractivity contribution < 1.29 is 19.1 Å². The maximum atomic E-state index is 12.2. The van der Waals surface area contributed by atoms with Gasteiger partial charge < -0.3 is 14.9 Å². The lowest BCUT2D eigenvalue weighted by molar-refractivity contribution is -0.151. The Labute approximate surface area is 134 Å². The summed E-state index contributed by atoms with van der Waals surface area (Å²) in [5, 5.41) is 7.63. The molecular weight excluding hydrogens is 294 g/mol. The van der Waals surface area contributed by atoms with Crippen LogP contribution in [0.3, 0.4) is 0 Å². The number of benzene rings is 1. The third-order valence-corrected chi connectivity index (χ3v) is 4.46. The third-order valence-electron chi connectivity index (χ3n) is 4.46. The quantitative estimate of drug-likeness (QED) is 0.515. The Balaban J connectivity index is 1.64. The minimum absolute atomic E-state index is 0.00000307. The van der Waals surface area contributed by atoms with Gasteiger partial charge in [0.15, 0.2) is 0 Å². The Morgan fingerprint density at radius 2 is 2.17 bits per heavy atom. The Morgan fingerprint density at radius 3 is 2.91 bits per heavy atom. The molecule has 1 fully saturated rings. The van der Waals surface area contributed by atoms with Crippen molar-refractivity contribution in [1.29, 1.82) is 5.41 Å². The van der Waals surface area contributed by atoms with Crippen molar-refractivity contribution in [1.82, 2.24) is 0 Å². The molecule has 0 amide bonds. The highest BCUT2D eigenvalue weighted by atomic mass is 16.6. The van der Waals surface area contributed by atoms with Gasteiger partial charge in [-0.15, -0.1) is 0 Å². The van der Waals surface area contributed by atoms with E-state index < -0.39 is 23.5 Å². The third kappa shape index (κ3) is 2.91. The minimum Gasteiger partial charge on any atom is -0.461 e. The number of carbonyl (C=O) groups excluding carboxylic acids is 2. The van der Waals surface area contributed by atoms with Crippen molar-refractivity contribution in [3.8, 4) is 0 Å². The van der Waals surface area contributed by atoms with E-state index in [-0.39, 0.29) is 13.0 Å². The van der Waals surface area contributed by atoms with E-state index in [1.807, 2.05) is 36.4 Å². The number of hydrogen-bond acceptors (Lipinski definition) is 5. The molecule has 1 aromatic rings. The van der Waals surface area contributed by atoms with Gasteiger partial charge in [-0.2, -0.15) is 0 Å². The average molecular weight is 313 g/mol. The smallest absolute Gasteiger partial charge is 0.322 e. The molecule has 0 radical (unpaired) electrons. The van der Waals surface area contributed by atoms with E-state index in [1.165, 1.54) is 0 Å². The summed E-state index contributed by atoms with van der Waals surface area (Å²) in [6.45, 7) is 0.203. The molecule has 5 nitrogen and oxygen atoms in total. The molecule has 2 atom stereocenters. The van der Waals surface area contributed by atoms with Crippen LogP contribution in [-0.2, 0) is 25.7 Å². The van der Waals surface area contributed by atoms with Crippen molar-refractivity contribution in [3.05, 3.63) is 47.5 Å². The molecule has 0 aromatic heterocycles. The largest absolute Gasteiger partial charge is 0.461 e. The summed E-state index contributed by atoms with van der Waals surface area (Å²) in [5.74, 6) is -0.821. The number of rotatable bonds is 5. The summed E-state index contributed by atoms with van der Waals surface area (Å²) in [7, 11) is 0. The number of carbonyl (C=O) groups is 2. The summed E-state index contributed by atoms with van der Waals surface area (Å²) >= 11 is 0. The molecule has 0 bridgehead atoms. The predicted molar refractivity (Wildman–Crippen MR) is 83.9 cm³/mol. The highest BCUT2D eigenvalue weighted by Crippen LogP contribution is 2.46. The molecule has 23 heavy (non-hydrogen) atoms. The number of fused-ring (bicyclic) bond motifs is 1. The average Bonchev–Trinajstić information content (AvgIpc) is 2.87. The molecule has 0 unspecified atom stereocenters. The van der Waals surface area contributed by atoms with Crippen LogP contribution in [0.1, 0.15) is 31.2 Å². The molecular formula is C18H19NO4. The number of cyclic esters (lactones) is 1. The molecule has 3 rings (SSSR count). The van der Waals surface area contributed by atoms with Gasteiger partial charge in [-0.1, -0.05) is 36.4 Å². The second kappa shape index (κ2) is 6.36. The van der Waals surface area contributed by atoms with Gasteiger partial charge >= 0.3 is 11.9 Å². The number of ether oxygens (including phenoxy) is 2. The monoisotopic (exact) mass is 313 g/mol. The van der Waals surface area contributed by atoms with Crippen LogP contribution in [0.2, 0.25) is 0 Å². The molecule has 120 valence electrons. The van der Waals surface area contributed by atoms with Gasteiger partial charge in [0.1, 0.15) is 18.1 Å². The molecule has 2 aliphatic rings. The molecule has 1 N–H and O–H groups in total. The lowest BCUT2D eigenvalue weighted by Crippen LogP contribution is -2.32. The van der Waals surface area contributed by atoms with Gasteiger partial charge in [0.05, 0.1) is 6.42 Å². The van der Waals surface area contributed by atoms with Gasteiger partial charge in [0.2, 0.25) is 0 Å². The zero-order valence-corrected chi connectivity index (χ0v) is 12.8. The Bertz CT molecular complexity index is 652. The van der Waals surface area contributed by atoms with Crippen LogP contribution < -0.4 is 0 Å². The van der Waals surface area contributed by atoms with Crippen molar-refractivity contribution in [2.75, 3.05) is 0 Å². The normalized spacial score (nSPS) is 26.0. The molecule has 5 heteroatoms. The van der Waals surface area contributed by atoms with E-state index in [0.29, 0.717) is 6.42 Å². The zero-order chi connectivity index (χ0) is 16.3. The Hall–Kier alpha value is -2.43. The topological polar surface area (TPSA) is 76.5 Å². The molecule has 0 saturated carbocycles. The first-order valence-electron chi connectivity index (χ1n) is 7.78. The zero-order valence-electron chi connectivity index (χ0n) is 12.8. The van der Waals surface area contributed by atoms with E-state index in [1.54, 1.807) is 0 Å². The molecule has 1 aliphatic carbocycles. The van der Waals surface area contributed by atoms with E-state index in [0.717, 1.165) is 30.2 Å². The van der Waals surface area contributed by atoms with Crippen LogP contribution in [0.25, 0.3) is 0 Å². The van der Waals surface area contributed by atoms with Gasteiger partial charge in [-0.3, -0.25) is 9.59 Å². The summed E-state index contributed by atoms with van der Waals surface area (Å²) in [6.07, 6.45) is 4.77. The Morgan fingerprint density at radius 1 is 1.39 bits per heavy atom. The fourth-order valence-electron chi connectivity index (χ4n) is 3.22. The van der Waals surface area contributed by atoms with Crippen LogP contribution >= 0.6 is 0 Å². The lowest BCUT2D eigenvalue weighted by Gasteiger charge is -2.25.